The highest BCUT2D eigenvalue weighted by atomic mass is 16.2. The molecule has 3 aromatic rings. The molecule has 3 aliphatic rings. The lowest BCUT2D eigenvalue weighted by Gasteiger charge is -2.42. The number of pyridine rings is 2. The maximum atomic E-state index is 13.2. The van der Waals surface area contributed by atoms with Gasteiger partial charge in [0.25, 0.3) is 0 Å². The summed E-state index contributed by atoms with van der Waals surface area (Å²) >= 11 is 0. The van der Waals surface area contributed by atoms with Crippen molar-refractivity contribution in [2.24, 2.45) is 4.99 Å². The molecule has 34 heavy (non-hydrogen) atoms. The zero-order valence-electron chi connectivity index (χ0n) is 19.8. The minimum atomic E-state index is 0.209. The van der Waals surface area contributed by atoms with Crippen molar-refractivity contribution in [3.05, 3.63) is 87.9 Å². The Morgan fingerprint density at radius 2 is 1.91 bits per heavy atom. The van der Waals surface area contributed by atoms with E-state index in [1.165, 1.54) is 16.7 Å². The van der Waals surface area contributed by atoms with E-state index < -0.39 is 0 Å². The standard InChI is InChI=1S/C28H29N5O/c1-18-5-3-7-26(31-18)32-10-4-6-24(17-32)33-16-23-13-25-22(12-21(23)14-27(33)34)15-30-28(25)20-8-9-29-19(2)11-20/h3,5,7-9,11-13,24H,4,6,10,14-17H2,1-2H3/t24-/m1/s1. The van der Waals surface area contributed by atoms with E-state index in [9.17, 15) is 4.79 Å². The second-order valence-corrected chi connectivity index (χ2v) is 9.71. The minimum Gasteiger partial charge on any atom is -0.355 e. The SMILES string of the molecule is Cc1cc(C2=NCc3cc4c(cc32)CN([C@@H]2CCCN(c3cccc(C)n3)C2)C(=O)C4)ccn1. The maximum Gasteiger partial charge on any atom is 0.227 e. The second kappa shape index (κ2) is 8.35. The largest absolute Gasteiger partial charge is 0.355 e. The molecule has 0 radical (unpaired) electrons. The van der Waals surface area contributed by atoms with Gasteiger partial charge in [-0.15, -0.1) is 0 Å². The number of aromatic nitrogens is 2. The van der Waals surface area contributed by atoms with E-state index in [1.807, 2.05) is 32.2 Å². The van der Waals surface area contributed by atoms with Gasteiger partial charge in [-0.2, -0.15) is 0 Å². The third kappa shape index (κ3) is 3.77. The number of anilines is 1. The average Bonchev–Trinajstić information content (AvgIpc) is 3.25. The number of fused-ring (bicyclic) bond motifs is 2. The molecule has 1 atom stereocenters. The van der Waals surface area contributed by atoms with Gasteiger partial charge in [-0.3, -0.25) is 14.8 Å². The number of aryl methyl sites for hydroxylation is 2. The summed E-state index contributed by atoms with van der Waals surface area (Å²) in [6.45, 7) is 7.22. The lowest BCUT2D eigenvalue weighted by molar-refractivity contribution is -0.134. The summed E-state index contributed by atoms with van der Waals surface area (Å²) in [5, 5.41) is 0. The Balaban J connectivity index is 1.26. The number of rotatable bonds is 3. The number of piperidine rings is 1. The number of carbonyl (C=O) groups is 1. The molecule has 6 nitrogen and oxygen atoms in total. The van der Waals surface area contributed by atoms with Crippen molar-refractivity contribution in [2.75, 3.05) is 18.0 Å². The van der Waals surface area contributed by atoms with Gasteiger partial charge in [-0.05, 0) is 73.7 Å². The Hall–Kier alpha value is -3.54. The van der Waals surface area contributed by atoms with Crippen LogP contribution in [0.4, 0.5) is 5.82 Å². The molecule has 6 rings (SSSR count). The molecule has 2 aromatic heterocycles. The molecular formula is C28H29N5O. The van der Waals surface area contributed by atoms with Crippen LogP contribution in [0.15, 0.2) is 53.7 Å². The first-order valence-electron chi connectivity index (χ1n) is 12.2. The summed E-state index contributed by atoms with van der Waals surface area (Å²) in [6.07, 6.45) is 4.43. The maximum absolute atomic E-state index is 13.2. The topological polar surface area (TPSA) is 61.7 Å². The number of amides is 1. The number of carbonyl (C=O) groups excluding carboxylic acids is 1. The molecule has 0 bridgehead atoms. The van der Waals surface area contributed by atoms with Gasteiger partial charge in [-0.1, -0.05) is 12.1 Å². The predicted octanol–water partition coefficient (Wildman–Crippen LogP) is 4.00. The number of nitrogens with zero attached hydrogens (tertiary/aromatic N) is 5. The average molecular weight is 452 g/mol. The lowest BCUT2D eigenvalue weighted by Crippen LogP contribution is -2.52. The van der Waals surface area contributed by atoms with Gasteiger partial charge < -0.3 is 9.80 Å². The number of benzene rings is 1. The molecule has 0 spiro atoms. The highest BCUT2D eigenvalue weighted by Gasteiger charge is 2.33. The summed E-state index contributed by atoms with van der Waals surface area (Å²) in [6, 6.07) is 15.0. The van der Waals surface area contributed by atoms with E-state index in [0.29, 0.717) is 19.5 Å². The zero-order chi connectivity index (χ0) is 23.2. The fourth-order valence-electron chi connectivity index (χ4n) is 5.58. The van der Waals surface area contributed by atoms with Gasteiger partial charge in [0.1, 0.15) is 5.82 Å². The molecular weight excluding hydrogens is 422 g/mol. The lowest BCUT2D eigenvalue weighted by atomic mass is 9.90. The second-order valence-electron chi connectivity index (χ2n) is 9.71. The monoisotopic (exact) mass is 451 g/mol. The van der Waals surface area contributed by atoms with Crippen molar-refractivity contribution in [3.63, 3.8) is 0 Å². The summed E-state index contributed by atoms with van der Waals surface area (Å²) < 4.78 is 0. The van der Waals surface area contributed by atoms with Crippen LogP contribution >= 0.6 is 0 Å². The normalized spacial score (nSPS) is 19.6. The van der Waals surface area contributed by atoms with Gasteiger partial charge in [0, 0.05) is 54.4 Å². The van der Waals surface area contributed by atoms with E-state index in [2.05, 4.69) is 45.1 Å². The first kappa shape index (κ1) is 21.0. The van der Waals surface area contributed by atoms with E-state index in [1.54, 1.807) is 0 Å². The molecule has 1 amide bonds. The highest BCUT2D eigenvalue weighted by molar-refractivity contribution is 6.15. The van der Waals surface area contributed by atoms with Crippen LogP contribution in [0.1, 0.15) is 52.0 Å². The molecule has 1 saturated heterocycles. The summed E-state index contributed by atoms with van der Waals surface area (Å²) in [5.74, 6) is 1.25. The summed E-state index contributed by atoms with van der Waals surface area (Å²) in [5.41, 5.74) is 9.02. The van der Waals surface area contributed by atoms with Gasteiger partial charge >= 0.3 is 0 Å². The van der Waals surface area contributed by atoms with Gasteiger partial charge in [0.2, 0.25) is 5.91 Å². The van der Waals surface area contributed by atoms with E-state index >= 15 is 0 Å². The fourth-order valence-corrected chi connectivity index (χ4v) is 5.58. The van der Waals surface area contributed by atoms with Crippen molar-refractivity contribution in [2.45, 2.75) is 52.2 Å². The van der Waals surface area contributed by atoms with Crippen molar-refractivity contribution in [1.82, 2.24) is 14.9 Å². The smallest absolute Gasteiger partial charge is 0.227 e. The van der Waals surface area contributed by atoms with Crippen LogP contribution in [0.25, 0.3) is 0 Å². The number of aliphatic imine (C=N–C) groups is 1. The van der Waals surface area contributed by atoms with Crippen LogP contribution in [0.5, 0.6) is 0 Å². The Labute approximate surface area is 200 Å². The third-order valence-corrected chi connectivity index (χ3v) is 7.30. The Bertz CT molecular complexity index is 1310. The first-order chi connectivity index (χ1) is 16.5. The molecule has 0 unspecified atom stereocenters. The van der Waals surface area contributed by atoms with Gasteiger partial charge in [0.15, 0.2) is 0 Å². The Morgan fingerprint density at radius 1 is 1.00 bits per heavy atom. The minimum absolute atomic E-state index is 0.209. The molecule has 172 valence electrons. The molecule has 6 heteroatoms. The number of hydrogen-bond donors (Lipinski definition) is 0. The molecule has 1 fully saturated rings. The third-order valence-electron chi connectivity index (χ3n) is 7.30. The van der Waals surface area contributed by atoms with E-state index in [-0.39, 0.29) is 11.9 Å². The van der Waals surface area contributed by atoms with Crippen molar-refractivity contribution >= 4 is 17.4 Å². The van der Waals surface area contributed by atoms with Crippen LogP contribution in [-0.2, 0) is 24.3 Å². The molecule has 1 aromatic carbocycles. The molecule has 3 aliphatic heterocycles. The Kier molecular flexibility index (Phi) is 5.16. The first-order valence-corrected chi connectivity index (χ1v) is 12.2. The number of hydrogen-bond acceptors (Lipinski definition) is 5. The molecule has 0 saturated carbocycles. The van der Waals surface area contributed by atoms with Crippen LogP contribution in [-0.4, -0.2) is 45.6 Å². The molecule has 0 aliphatic carbocycles. The van der Waals surface area contributed by atoms with E-state index in [4.69, 9.17) is 9.98 Å². The highest BCUT2D eigenvalue weighted by Crippen LogP contribution is 2.32. The van der Waals surface area contributed by atoms with Crippen molar-refractivity contribution < 1.29 is 4.79 Å². The fraction of sp³-hybridized carbons (Fsp3) is 0.357. The van der Waals surface area contributed by atoms with Gasteiger partial charge in [-0.25, -0.2) is 4.98 Å². The van der Waals surface area contributed by atoms with Crippen LogP contribution in [0.2, 0.25) is 0 Å². The van der Waals surface area contributed by atoms with Crippen molar-refractivity contribution in [1.29, 1.82) is 0 Å². The Morgan fingerprint density at radius 3 is 2.76 bits per heavy atom. The van der Waals surface area contributed by atoms with Crippen LogP contribution < -0.4 is 4.90 Å². The van der Waals surface area contributed by atoms with Crippen molar-refractivity contribution in [3.8, 4) is 0 Å². The van der Waals surface area contributed by atoms with Gasteiger partial charge in [0.05, 0.1) is 18.7 Å². The summed E-state index contributed by atoms with van der Waals surface area (Å²) in [4.78, 5) is 31.6. The molecule has 5 heterocycles. The molecule has 0 N–H and O–H groups in total. The van der Waals surface area contributed by atoms with Crippen LogP contribution in [0.3, 0.4) is 0 Å². The van der Waals surface area contributed by atoms with E-state index in [0.717, 1.165) is 60.0 Å². The predicted molar refractivity (Wildman–Crippen MR) is 133 cm³/mol. The quantitative estimate of drug-likeness (QED) is 0.604. The zero-order valence-corrected chi connectivity index (χ0v) is 19.8. The summed E-state index contributed by atoms with van der Waals surface area (Å²) in [7, 11) is 0. The van der Waals surface area contributed by atoms with Crippen LogP contribution in [0, 0.1) is 13.8 Å².